The van der Waals surface area contributed by atoms with Crippen LogP contribution in [0.1, 0.15) is 67.4 Å². The van der Waals surface area contributed by atoms with Gasteiger partial charge in [0.25, 0.3) is 5.91 Å². The van der Waals surface area contributed by atoms with Crippen LogP contribution >= 0.6 is 11.6 Å². The zero-order valence-electron chi connectivity index (χ0n) is 21.6. The van der Waals surface area contributed by atoms with Crippen molar-refractivity contribution in [3.63, 3.8) is 0 Å². The van der Waals surface area contributed by atoms with E-state index in [-0.39, 0.29) is 17.2 Å². The van der Waals surface area contributed by atoms with Gasteiger partial charge in [0, 0.05) is 30.1 Å². The molecule has 0 aliphatic heterocycles. The molecule has 38 heavy (non-hydrogen) atoms. The molecule has 0 aromatic heterocycles. The summed E-state index contributed by atoms with van der Waals surface area (Å²) in [5, 5.41) is 5.95. The molecule has 2 aromatic rings. The largest absolute Gasteiger partial charge is 0.429 e. The highest BCUT2D eigenvalue weighted by Gasteiger charge is 2.31. The molecule has 2 rings (SSSR count). The van der Waals surface area contributed by atoms with E-state index in [4.69, 9.17) is 21.9 Å². The molecule has 2 unspecified atom stereocenters. The summed E-state index contributed by atoms with van der Waals surface area (Å²) in [6, 6.07) is 14.3. The van der Waals surface area contributed by atoms with E-state index >= 15 is 0 Å². The molecule has 2 aromatic carbocycles. The van der Waals surface area contributed by atoms with Gasteiger partial charge in [0.15, 0.2) is 0 Å². The zero-order chi connectivity index (χ0) is 28.0. The van der Waals surface area contributed by atoms with Crippen LogP contribution in [0.2, 0.25) is 0 Å². The fraction of sp³-hybridized carbons (Fsp3) is 0.462. The molecule has 0 spiro atoms. The van der Waals surface area contributed by atoms with E-state index in [9.17, 15) is 18.0 Å². The Morgan fingerprint density at radius 2 is 1.66 bits per heavy atom. The number of nitrogens with zero attached hydrogens (tertiary/aromatic N) is 4. The molecule has 0 fully saturated rings. The number of sulfone groups is 1. The number of carbonyl (C=O) groups is 2. The Hall–Kier alpha value is -3.27. The summed E-state index contributed by atoms with van der Waals surface area (Å²) in [5.74, 6) is -0.105. The van der Waals surface area contributed by atoms with Crippen LogP contribution in [-0.2, 0) is 14.6 Å². The fourth-order valence-corrected chi connectivity index (χ4v) is 5.53. The molecule has 0 heterocycles. The van der Waals surface area contributed by atoms with Crippen LogP contribution in [0.25, 0.3) is 10.4 Å². The van der Waals surface area contributed by atoms with Gasteiger partial charge in [0.1, 0.15) is 5.50 Å². The number of nitrogens with one attached hydrogen (secondary N) is 1. The van der Waals surface area contributed by atoms with Gasteiger partial charge in [-0.05, 0) is 68.5 Å². The van der Waals surface area contributed by atoms with Gasteiger partial charge in [-0.1, -0.05) is 59.9 Å². The summed E-state index contributed by atoms with van der Waals surface area (Å²) in [7, 11) is -3.96. The maximum atomic E-state index is 13.2. The molecule has 206 valence electrons. The number of halogens is 1. The first-order chi connectivity index (χ1) is 18.2. The number of alkyl halides is 1. The van der Waals surface area contributed by atoms with Gasteiger partial charge < -0.3 is 15.0 Å². The molecule has 2 amide bonds. The highest BCUT2D eigenvalue weighted by atomic mass is 35.5. The minimum absolute atomic E-state index is 0.0528. The Bertz CT molecular complexity index is 1180. The Morgan fingerprint density at radius 1 is 1.03 bits per heavy atom. The molecule has 0 aliphatic carbocycles. The highest BCUT2D eigenvalue weighted by molar-refractivity contribution is 7.92. The molecular formula is C26H34ClN5O5S. The SMILES string of the molecule is CCN(CC)C(=O)c1ccc(C(Cl)NC(=O)OC(CCCCCCN=[N+]=[N-])S(=O)(=O)c2ccccc2)cc1. The zero-order valence-corrected chi connectivity index (χ0v) is 23.2. The fourth-order valence-electron chi connectivity index (χ4n) is 3.76. The number of alkyl carbamates (subject to hydrolysis) is 1. The van der Waals surface area contributed by atoms with Gasteiger partial charge in [0.05, 0.1) is 4.90 Å². The van der Waals surface area contributed by atoms with E-state index in [0.717, 1.165) is 6.42 Å². The van der Waals surface area contributed by atoms with Crippen LogP contribution in [0.3, 0.4) is 0 Å². The molecule has 10 nitrogen and oxygen atoms in total. The molecular weight excluding hydrogens is 530 g/mol. The van der Waals surface area contributed by atoms with Crippen LogP contribution in [0.5, 0.6) is 0 Å². The molecule has 0 aliphatic rings. The molecule has 1 N–H and O–H groups in total. The van der Waals surface area contributed by atoms with Crippen LogP contribution in [0.4, 0.5) is 4.79 Å². The minimum Gasteiger partial charge on any atom is -0.429 e. The molecule has 12 heteroatoms. The van der Waals surface area contributed by atoms with Crippen LogP contribution in [-0.4, -0.2) is 50.4 Å². The Kier molecular flexibility index (Phi) is 12.9. The molecule has 0 saturated heterocycles. The average Bonchev–Trinajstić information content (AvgIpc) is 2.93. The number of hydrogen-bond acceptors (Lipinski definition) is 6. The van der Waals surface area contributed by atoms with Gasteiger partial charge in [-0.3, -0.25) is 4.79 Å². The average molecular weight is 564 g/mol. The van der Waals surface area contributed by atoms with Crippen molar-refractivity contribution < 1.29 is 22.7 Å². The van der Waals surface area contributed by atoms with Crippen molar-refractivity contribution in [2.24, 2.45) is 5.11 Å². The minimum atomic E-state index is -3.96. The highest BCUT2D eigenvalue weighted by Crippen LogP contribution is 2.24. The van der Waals surface area contributed by atoms with Gasteiger partial charge in [0.2, 0.25) is 15.3 Å². The quantitative estimate of drug-likeness (QED) is 0.0686. The van der Waals surface area contributed by atoms with Gasteiger partial charge in [-0.2, -0.15) is 0 Å². The molecule has 0 radical (unpaired) electrons. The normalized spacial score (nSPS) is 12.6. The third kappa shape index (κ3) is 9.24. The van der Waals surface area contributed by atoms with Crippen LogP contribution < -0.4 is 5.32 Å². The Morgan fingerprint density at radius 3 is 2.26 bits per heavy atom. The second-order valence-electron chi connectivity index (χ2n) is 8.46. The Labute approximate surface area is 228 Å². The lowest BCUT2D eigenvalue weighted by Gasteiger charge is -2.21. The van der Waals surface area contributed by atoms with E-state index in [1.165, 1.54) is 12.1 Å². The van der Waals surface area contributed by atoms with E-state index in [0.29, 0.717) is 50.0 Å². The number of amides is 2. The van der Waals surface area contributed by atoms with E-state index < -0.39 is 26.9 Å². The van der Waals surface area contributed by atoms with E-state index in [1.54, 1.807) is 47.4 Å². The van der Waals surface area contributed by atoms with E-state index in [2.05, 4.69) is 15.3 Å². The summed E-state index contributed by atoms with van der Waals surface area (Å²) in [4.78, 5) is 29.6. The summed E-state index contributed by atoms with van der Waals surface area (Å²) >= 11 is 6.36. The number of ether oxygens (including phenoxy) is 1. The third-order valence-corrected chi connectivity index (χ3v) is 8.23. The standard InChI is InChI=1S/C26H34ClN5O5S/c1-3-32(4-2)25(33)21-17-15-20(16-18-21)24(27)30-26(34)37-23(14-10-5-6-11-19-29-31-28)38(35,36)22-12-8-7-9-13-22/h7-9,12-13,15-18,23-24H,3-6,10-11,14,19H2,1-2H3,(H,30,34). The number of unbranched alkanes of at least 4 members (excludes halogenated alkanes) is 3. The number of azide groups is 1. The van der Waals surface area contributed by atoms with Crippen molar-refractivity contribution in [1.82, 2.24) is 10.2 Å². The predicted molar refractivity (Wildman–Crippen MR) is 146 cm³/mol. The second kappa shape index (κ2) is 15.9. The van der Waals surface area contributed by atoms with Gasteiger partial charge in [-0.15, -0.1) is 0 Å². The number of rotatable bonds is 15. The van der Waals surface area contributed by atoms with Crippen molar-refractivity contribution >= 4 is 33.4 Å². The summed E-state index contributed by atoms with van der Waals surface area (Å²) < 4.78 is 31.8. The lowest BCUT2D eigenvalue weighted by atomic mass is 10.1. The lowest BCUT2D eigenvalue weighted by Crippen LogP contribution is -2.34. The smallest absolute Gasteiger partial charge is 0.409 e. The third-order valence-electron chi connectivity index (χ3n) is 5.91. The molecule has 0 saturated carbocycles. The van der Waals surface area contributed by atoms with Gasteiger partial charge >= 0.3 is 6.09 Å². The first-order valence-electron chi connectivity index (χ1n) is 12.5. The summed E-state index contributed by atoms with van der Waals surface area (Å²) in [6.45, 7) is 5.36. The first-order valence-corrected chi connectivity index (χ1v) is 14.5. The number of hydrogen-bond donors (Lipinski definition) is 1. The predicted octanol–water partition coefficient (Wildman–Crippen LogP) is 6.19. The van der Waals surface area contributed by atoms with Crippen LogP contribution in [0, 0.1) is 0 Å². The summed E-state index contributed by atoms with van der Waals surface area (Å²) in [5.41, 5.74) is 6.96. The van der Waals surface area contributed by atoms with E-state index in [1.807, 2.05) is 13.8 Å². The number of benzene rings is 2. The van der Waals surface area contributed by atoms with Crippen molar-refractivity contribution in [1.29, 1.82) is 0 Å². The van der Waals surface area contributed by atoms with Crippen molar-refractivity contribution in [3.8, 4) is 0 Å². The molecule has 2 atom stereocenters. The monoisotopic (exact) mass is 563 g/mol. The topological polar surface area (TPSA) is 142 Å². The van der Waals surface area contributed by atoms with Gasteiger partial charge in [-0.25, -0.2) is 13.2 Å². The van der Waals surface area contributed by atoms with Crippen molar-refractivity contribution in [2.75, 3.05) is 19.6 Å². The first kappa shape index (κ1) is 31.0. The second-order valence-corrected chi connectivity index (χ2v) is 11.0. The summed E-state index contributed by atoms with van der Waals surface area (Å²) in [6.07, 6.45) is 1.74. The maximum absolute atomic E-state index is 13.2. The number of carbonyl (C=O) groups excluding carboxylic acids is 2. The van der Waals surface area contributed by atoms with Crippen LogP contribution in [0.15, 0.2) is 64.6 Å². The maximum Gasteiger partial charge on any atom is 0.409 e. The van der Waals surface area contributed by atoms with Crippen molar-refractivity contribution in [2.45, 2.75) is 61.8 Å². The molecule has 0 bridgehead atoms. The Balaban J connectivity index is 2.05. The lowest BCUT2D eigenvalue weighted by molar-refractivity contribution is 0.0773. The van der Waals surface area contributed by atoms with Crippen molar-refractivity contribution in [3.05, 3.63) is 76.2 Å².